The predicted octanol–water partition coefficient (Wildman–Crippen LogP) is 5.99. The van der Waals surface area contributed by atoms with Crippen LogP contribution in [0.1, 0.15) is 5.56 Å². The van der Waals surface area contributed by atoms with Crippen LogP contribution < -0.4 is 20.1 Å². The first-order chi connectivity index (χ1) is 15.4. The van der Waals surface area contributed by atoms with Crippen molar-refractivity contribution < 1.29 is 31.1 Å². The molecule has 0 saturated carbocycles. The number of aryl methyl sites for hydroxylation is 1. The predicted molar refractivity (Wildman–Crippen MR) is 119 cm³/mol. The van der Waals surface area contributed by atoms with E-state index in [9.17, 15) is 26.4 Å². The zero-order chi connectivity index (χ0) is 24.2. The number of hydrogen-bond acceptors (Lipinski definition) is 4. The van der Waals surface area contributed by atoms with E-state index < -0.39 is 28.2 Å². The molecular formula is C21H17ClF3N3O4S. The quantitative estimate of drug-likeness (QED) is 0.388. The van der Waals surface area contributed by atoms with Crippen LogP contribution >= 0.6 is 11.6 Å². The van der Waals surface area contributed by atoms with Gasteiger partial charge in [-0.25, -0.2) is 13.2 Å². The number of ether oxygens (including phenoxy) is 1. The standard InChI is InChI=1S/C21H17ClF3N3O4S/c1-13-6-9-16(12-19(13)33(30,31)28-15-10-7-14(22)8-11-15)26-20(29)27-17-4-2-3-5-18(17)32-21(23,24)25/h2-12,28H,1H3,(H2,26,27,29). The largest absolute Gasteiger partial charge is 0.573 e. The van der Waals surface area contributed by atoms with E-state index in [1.807, 2.05) is 0 Å². The SMILES string of the molecule is Cc1ccc(NC(=O)Nc2ccccc2OC(F)(F)F)cc1S(=O)(=O)Nc1ccc(Cl)cc1. The van der Waals surface area contributed by atoms with E-state index in [0.29, 0.717) is 10.6 Å². The van der Waals surface area contributed by atoms with Gasteiger partial charge in [-0.3, -0.25) is 4.72 Å². The summed E-state index contributed by atoms with van der Waals surface area (Å²) in [4.78, 5) is 12.2. The highest BCUT2D eigenvalue weighted by molar-refractivity contribution is 7.92. The lowest BCUT2D eigenvalue weighted by atomic mass is 10.2. The number of alkyl halides is 3. The molecule has 0 heterocycles. The van der Waals surface area contributed by atoms with Crippen LogP contribution in [0.15, 0.2) is 71.6 Å². The van der Waals surface area contributed by atoms with Crippen LogP contribution in [0.5, 0.6) is 5.75 Å². The van der Waals surface area contributed by atoms with Gasteiger partial charge in [0.2, 0.25) is 0 Å². The zero-order valence-corrected chi connectivity index (χ0v) is 18.5. The van der Waals surface area contributed by atoms with Gasteiger partial charge in [0.15, 0.2) is 5.75 Å². The van der Waals surface area contributed by atoms with Crippen LogP contribution in [-0.2, 0) is 10.0 Å². The number of nitrogens with one attached hydrogen (secondary N) is 3. The van der Waals surface area contributed by atoms with Crippen molar-refractivity contribution in [2.45, 2.75) is 18.2 Å². The molecule has 0 saturated heterocycles. The summed E-state index contributed by atoms with van der Waals surface area (Å²) in [6, 6.07) is 14.3. The molecule has 0 radical (unpaired) electrons. The Balaban J connectivity index is 1.77. The summed E-state index contributed by atoms with van der Waals surface area (Å²) in [5.74, 6) is -0.598. The second-order valence-electron chi connectivity index (χ2n) is 6.72. The minimum atomic E-state index is -4.94. The van der Waals surface area contributed by atoms with E-state index in [1.165, 1.54) is 60.7 Å². The van der Waals surface area contributed by atoms with E-state index in [0.717, 1.165) is 6.07 Å². The van der Waals surface area contributed by atoms with E-state index in [2.05, 4.69) is 20.1 Å². The Labute approximate surface area is 192 Å². The van der Waals surface area contributed by atoms with Crippen LogP contribution in [0.4, 0.5) is 35.0 Å². The molecular weight excluding hydrogens is 483 g/mol. The van der Waals surface area contributed by atoms with Crippen molar-refractivity contribution in [2.75, 3.05) is 15.4 Å². The second-order valence-corrected chi connectivity index (χ2v) is 8.80. The van der Waals surface area contributed by atoms with Gasteiger partial charge >= 0.3 is 12.4 Å². The molecule has 0 spiro atoms. The number of carbonyl (C=O) groups is 1. The van der Waals surface area contributed by atoms with Gasteiger partial charge in [0.05, 0.1) is 10.6 Å². The number of urea groups is 1. The molecule has 0 aromatic heterocycles. The molecule has 174 valence electrons. The Morgan fingerprint density at radius 3 is 2.24 bits per heavy atom. The van der Waals surface area contributed by atoms with E-state index in [4.69, 9.17) is 11.6 Å². The molecule has 0 aliphatic rings. The third-order valence-electron chi connectivity index (χ3n) is 4.19. The highest BCUT2D eigenvalue weighted by Gasteiger charge is 2.32. The Morgan fingerprint density at radius 1 is 0.939 bits per heavy atom. The summed E-state index contributed by atoms with van der Waals surface area (Å²) >= 11 is 5.81. The maximum atomic E-state index is 12.8. The van der Waals surface area contributed by atoms with Crippen molar-refractivity contribution in [1.29, 1.82) is 0 Å². The van der Waals surface area contributed by atoms with Crippen molar-refractivity contribution in [3.63, 3.8) is 0 Å². The van der Waals surface area contributed by atoms with Crippen molar-refractivity contribution in [3.05, 3.63) is 77.3 Å². The summed E-state index contributed by atoms with van der Waals surface area (Å²) in [5.41, 5.74) is 0.572. The molecule has 3 aromatic carbocycles. The topological polar surface area (TPSA) is 96.5 Å². The summed E-state index contributed by atoms with van der Waals surface area (Å²) in [6.45, 7) is 1.57. The first-order valence-electron chi connectivity index (χ1n) is 9.25. The molecule has 3 N–H and O–H groups in total. The fourth-order valence-electron chi connectivity index (χ4n) is 2.76. The molecule has 3 rings (SSSR count). The molecule has 12 heteroatoms. The monoisotopic (exact) mass is 499 g/mol. The summed E-state index contributed by atoms with van der Waals surface area (Å²) in [7, 11) is -4.01. The fraction of sp³-hybridized carbons (Fsp3) is 0.0952. The molecule has 7 nitrogen and oxygen atoms in total. The first-order valence-corrected chi connectivity index (χ1v) is 11.1. The minimum Gasteiger partial charge on any atom is -0.404 e. The lowest BCUT2D eigenvalue weighted by molar-refractivity contribution is -0.274. The van der Waals surface area contributed by atoms with Gasteiger partial charge in [-0.15, -0.1) is 13.2 Å². The van der Waals surface area contributed by atoms with Crippen LogP contribution in [0, 0.1) is 6.92 Å². The van der Waals surface area contributed by atoms with Crippen molar-refractivity contribution in [1.82, 2.24) is 0 Å². The van der Waals surface area contributed by atoms with Crippen molar-refractivity contribution >= 4 is 44.7 Å². The molecule has 0 atom stereocenters. The molecule has 0 aliphatic carbocycles. The molecule has 33 heavy (non-hydrogen) atoms. The zero-order valence-electron chi connectivity index (χ0n) is 16.9. The van der Waals surface area contributed by atoms with Gasteiger partial charge in [-0.05, 0) is 61.0 Å². The Morgan fingerprint density at radius 2 is 1.58 bits per heavy atom. The van der Waals surface area contributed by atoms with E-state index in [-0.39, 0.29) is 22.0 Å². The molecule has 0 fully saturated rings. The molecule has 0 unspecified atom stereocenters. The number of carbonyl (C=O) groups excluding carboxylic acids is 1. The number of rotatable bonds is 6. The summed E-state index contributed by atoms with van der Waals surface area (Å²) < 4.78 is 69.6. The fourth-order valence-corrected chi connectivity index (χ4v) is 4.22. The molecule has 2 amide bonds. The third-order valence-corrected chi connectivity index (χ3v) is 5.97. The maximum Gasteiger partial charge on any atom is 0.573 e. The van der Waals surface area contributed by atoms with Gasteiger partial charge in [-0.2, -0.15) is 0 Å². The van der Waals surface area contributed by atoms with Gasteiger partial charge in [-0.1, -0.05) is 29.8 Å². The third kappa shape index (κ3) is 6.77. The van der Waals surface area contributed by atoms with Crippen LogP contribution in [-0.4, -0.2) is 20.8 Å². The smallest absolute Gasteiger partial charge is 0.404 e. The number of sulfonamides is 1. The Kier molecular flexibility index (Phi) is 7.04. The average Bonchev–Trinajstić information content (AvgIpc) is 2.71. The normalized spacial score (nSPS) is 11.5. The molecule has 3 aromatic rings. The minimum absolute atomic E-state index is 0.101. The number of benzene rings is 3. The number of para-hydroxylation sites is 2. The van der Waals surface area contributed by atoms with Crippen molar-refractivity contribution in [2.24, 2.45) is 0 Å². The average molecular weight is 500 g/mol. The highest BCUT2D eigenvalue weighted by atomic mass is 35.5. The first kappa shape index (κ1) is 24.2. The van der Waals surface area contributed by atoms with Gasteiger partial charge in [0.25, 0.3) is 10.0 Å². The highest BCUT2D eigenvalue weighted by Crippen LogP contribution is 2.30. The van der Waals surface area contributed by atoms with Crippen molar-refractivity contribution in [3.8, 4) is 5.75 Å². The van der Waals surface area contributed by atoms with Gasteiger partial charge in [0, 0.05) is 16.4 Å². The van der Waals surface area contributed by atoms with E-state index >= 15 is 0 Å². The van der Waals surface area contributed by atoms with Crippen LogP contribution in [0.25, 0.3) is 0 Å². The van der Waals surface area contributed by atoms with Gasteiger partial charge < -0.3 is 15.4 Å². The lowest BCUT2D eigenvalue weighted by Crippen LogP contribution is -2.22. The van der Waals surface area contributed by atoms with E-state index in [1.54, 1.807) is 6.92 Å². The maximum absolute atomic E-state index is 12.8. The van der Waals surface area contributed by atoms with Crippen LogP contribution in [0.2, 0.25) is 5.02 Å². The Hall–Kier alpha value is -3.44. The summed E-state index contributed by atoms with van der Waals surface area (Å²) in [6.07, 6.45) is -4.94. The lowest BCUT2D eigenvalue weighted by Gasteiger charge is -2.15. The summed E-state index contributed by atoms with van der Waals surface area (Å²) in [5, 5.41) is 5.08. The van der Waals surface area contributed by atoms with Crippen LogP contribution in [0.3, 0.4) is 0 Å². The number of amides is 2. The number of halogens is 4. The second kappa shape index (κ2) is 9.59. The van der Waals surface area contributed by atoms with Gasteiger partial charge in [0.1, 0.15) is 0 Å². The number of anilines is 3. The molecule has 0 aliphatic heterocycles. The molecule has 0 bridgehead atoms. The number of hydrogen-bond donors (Lipinski definition) is 3. The Bertz CT molecular complexity index is 1270.